The van der Waals surface area contributed by atoms with Crippen molar-refractivity contribution < 1.29 is 4.79 Å². The van der Waals surface area contributed by atoms with Gasteiger partial charge in [0.15, 0.2) is 0 Å². The summed E-state index contributed by atoms with van der Waals surface area (Å²) in [6.45, 7) is 4.73. The number of hydrogen-bond acceptors (Lipinski definition) is 3. The number of aromatic nitrogens is 2. The van der Waals surface area contributed by atoms with Gasteiger partial charge in [-0.25, -0.2) is 0 Å². The number of rotatable bonds is 4. The van der Waals surface area contributed by atoms with Gasteiger partial charge in [-0.15, -0.1) is 0 Å². The average Bonchev–Trinajstić information content (AvgIpc) is 2.60. The first-order valence-electron chi connectivity index (χ1n) is 8.10. The van der Waals surface area contributed by atoms with E-state index in [1.165, 1.54) is 0 Å². The van der Waals surface area contributed by atoms with E-state index in [0.29, 0.717) is 12.1 Å². The fraction of sp³-hybridized carbons (Fsp3) is 0.250. The Morgan fingerprint density at radius 2 is 1.83 bits per heavy atom. The Morgan fingerprint density at radius 1 is 1.12 bits per heavy atom. The molecule has 0 aliphatic heterocycles. The topological polar surface area (TPSA) is 46.1 Å². The molecule has 0 aliphatic carbocycles. The van der Waals surface area contributed by atoms with Crippen LogP contribution >= 0.6 is 0 Å². The van der Waals surface area contributed by atoms with Crippen molar-refractivity contribution in [1.29, 1.82) is 0 Å². The SMILES string of the molecule is CC(C)c1cc(C(=O)N(C)Cc2ccncc2)c2ccccc2n1. The van der Waals surface area contributed by atoms with E-state index in [0.717, 1.165) is 22.2 Å². The van der Waals surface area contributed by atoms with E-state index in [9.17, 15) is 4.79 Å². The molecule has 0 atom stereocenters. The summed E-state index contributed by atoms with van der Waals surface area (Å²) in [5.41, 5.74) is 3.57. The molecule has 0 saturated heterocycles. The highest BCUT2D eigenvalue weighted by atomic mass is 16.2. The molecule has 0 radical (unpaired) electrons. The van der Waals surface area contributed by atoms with E-state index in [1.807, 2.05) is 49.5 Å². The third-order valence-corrected chi connectivity index (χ3v) is 4.07. The molecule has 0 aliphatic rings. The number of fused-ring (bicyclic) bond motifs is 1. The lowest BCUT2D eigenvalue weighted by molar-refractivity contribution is 0.0787. The van der Waals surface area contributed by atoms with Crippen LogP contribution in [0.4, 0.5) is 0 Å². The third kappa shape index (κ3) is 3.27. The third-order valence-electron chi connectivity index (χ3n) is 4.07. The molecule has 3 aromatic rings. The summed E-state index contributed by atoms with van der Waals surface area (Å²) in [6, 6.07) is 13.6. The molecule has 0 fully saturated rings. The van der Waals surface area contributed by atoms with Gasteiger partial charge in [-0.3, -0.25) is 14.8 Å². The molecule has 2 aromatic heterocycles. The van der Waals surface area contributed by atoms with Crippen LogP contribution < -0.4 is 0 Å². The number of carbonyl (C=O) groups excluding carboxylic acids is 1. The predicted molar refractivity (Wildman–Crippen MR) is 95.9 cm³/mol. The maximum atomic E-state index is 13.0. The highest BCUT2D eigenvalue weighted by molar-refractivity contribution is 6.06. The fourth-order valence-corrected chi connectivity index (χ4v) is 2.71. The van der Waals surface area contributed by atoms with Crippen LogP contribution in [0.3, 0.4) is 0 Å². The number of para-hydroxylation sites is 1. The summed E-state index contributed by atoms with van der Waals surface area (Å²) in [6.07, 6.45) is 3.48. The lowest BCUT2D eigenvalue weighted by Gasteiger charge is -2.19. The lowest BCUT2D eigenvalue weighted by atomic mass is 10.0. The maximum absolute atomic E-state index is 13.0. The number of amides is 1. The molecule has 1 amide bonds. The van der Waals surface area contributed by atoms with Crippen LogP contribution in [0, 0.1) is 0 Å². The second-order valence-corrected chi connectivity index (χ2v) is 6.28. The minimum absolute atomic E-state index is 0.00677. The summed E-state index contributed by atoms with van der Waals surface area (Å²) >= 11 is 0. The Morgan fingerprint density at radius 3 is 2.54 bits per heavy atom. The largest absolute Gasteiger partial charge is 0.337 e. The van der Waals surface area contributed by atoms with E-state index in [-0.39, 0.29) is 11.8 Å². The van der Waals surface area contributed by atoms with Gasteiger partial charge in [-0.1, -0.05) is 32.0 Å². The van der Waals surface area contributed by atoms with Gasteiger partial charge in [-0.2, -0.15) is 0 Å². The molecule has 2 heterocycles. The zero-order valence-electron chi connectivity index (χ0n) is 14.2. The van der Waals surface area contributed by atoms with Gasteiger partial charge >= 0.3 is 0 Å². The van der Waals surface area contributed by atoms with Crippen LogP contribution in [0.5, 0.6) is 0 Å². The van der Waals surface area contributed by atoms with Gasteiger partial charge in [-0.05, 0) is 35.7 Å². The molecular formula is C20H21N3O. The highest BCUT2D eigenvalue weighted by Gasteiger charge is 2.18. The molecule has 0 N–H and O–H groups in total. The molecular weight excluding hydrogens is 298 g/mol. The Balaban J connectivity index is 1.99. The molecule has 24 heavy (non-hydrogen) atoms. The van der Waals surface area contributed by atoms with Gasteiger partial charge < -0.3 is 4.90 Å². The van der Waals surface area contributed by atoms with Crippen molar-refractivity contribution in [2.75, 3.05) is 7.05 Å². The molecule has 0 unspecified atom stereocenters. The van der Waals surface area contributed by atoms with Gasteiger partial charge in [0, 0.05) is 37.1 Å². The molecule has 0 bridgehead atoms. The standard InChI is InChI=1S/C20H21N3O/c1-14(2)19-12-17(16-6-4-5-7-18(16)22-19)20(24)23(3)13-15-8-10-21-11-9-15/h4-12,14H,13H2,1-3H3. The quantitative estimate of drug-likeness (QED) is 0.729. The second kappa shape index (κ2) is 6.79. The first-order chi connectivity index (χ1) is 11.6. The number of hydrogen-bond donors (Lipinski definition) is 0. The van der Waals surface area contributed by atoms with E-state index in [4.69, 9.17) is 0 Å². The average molecular weight is 319 g/mol. The van der Waals surface area contributed by atoms with Crippen LogP contribution in [0.2, 0.25) is 0 Å². The Bertz CT molecular complexity index is 859. The molecule has 4 nitrogen and oxygen atoms in total. The molecule has 122 valence electrons. The summed E-state index contributed by atoms with van der Waals surface area (Å²) in [7, 11) is 1.83. The summed E-state index contributed by atoms with van der Waals surface area (Å²) < 4.78 is 0. The van der Waals surface area contributed by atoms with Gasteiger partial charge in [0.05, 0.1) is 11.1 Å². The van der Waals surface area contributed by atoms with E-state index in [1.54, 1.807) is 17.3 Å². The highest BCUT2D eigenvalue weighted by Crippen LogP contribution is 2.23. The number of nitrogens with zero attached hydrogens (tertiary/aromatic N) is 3. The van der Waals surface area contributed by atoms with Crippen molar-refractivity contribution in [1.82, 2.24) is 14.9 Å². The monoisotopic (exact) mass is 319 g/mol. The van der Waals surface area contributed by atoms with Crippen molar-refractivity contribution in [3.8, 4) is 0 Å². The smallest absolute Gasteiger partial charge is 0.254 e. The molecule has 4 heteroatoms. The minimum Gasteiger partial charge on any atom is -0.337 e. The lowest BCUT2D eigenvalue weighted by Crippen LogP contribution is -2.26. The first kappa shape index (κ1) is 16.1. The number of pyridine rings is 2. The van der Waals surface area contributed by atoms with Gasteiger partial charge in [0.2, 0.25) is 0 Å². The van der Waals surface area contributed by atoms with E-state index < -0.39 is 0 Å². The van der Waals surface area contributed by atoms with Crippen LogP contribution in [0.15, 0.2) is 54.9 Å². The van der Waals surface area contributed by atoms with Crippen LogP contribution in [-0.4, -0.2) is 27.8 Å². The van der Waals surface area contributed by atoms with E-state index >= 15 is 0 Å². The minimum atomic E-state index is 0.00677. The fourth-order valence-electron chi connectivity index (χ4n) is 2.71. The van der Waals surface area contributed by atoms with Crippen molar-refractivity contribution in [2.24, 2.45) is 0 Å². The van der Waals surface area contributed by atoms with Gasteiger partial charge in [0.25, 0.3) is 5.91 Å². The summed E-state index contributed by atoms with van der Waals surface area (Å²) in [5, 5.41) is 0.897. The number of carbonyl (C=O) groups is 1. The summed E-state index contributed by atoms with van der Waals surface area (Å²) in [5.74, 6) is 0.277. The van der Waals surface area contributed by atoms with E-state index in [2.05, 4.69) is 23.8 Å². The van der Waals surface area contributed by atoms with Crippen molar-refractivity contribution in [3.63, 3.8) is 0 Å². The Hall–Kier alpha value is -2.75. The second-order valence-electron chi connectivity index (χ2n) is 6.28. The van der Waals surface area contributed by atoms with Crippen molar-refractivity contribution >= 4 is 16.8 Å². The zero-order valence-corrected chi connectivity index (χ0v) is 14.2. The maximum Gasteiger partial charge on any atom is 0.254 e. The normalized spacial score (nSPS) is 11.0. The van der Waals surface area contributed by atoms with Crippen LogP contribution in [0.25, 0.3) is 10.9 Å². The molecule has 0 saturated carbocycles. The molecule has 1 aromatic carbocycles. The van der Waals surface area contributed by atoms with Gasteiger partial charge in [0.1, 0.15) is 0 Å². The molecule has 0 spiro atoms. The van der Waals surface area contributed by atoms with Crippen molar-refractivity contribution in [2.45, 2.75) is 26.3 Å². The summed E-state index contributed by atoms with van der Waals surface area (Å²) in [4.78, 5) is 23.5. The zero-order chi connectivity index (χ0) is 17.1. The van der Waals surface area contributed by atoms with Crippen LogP contribution in [-0.2, 0) is 6.54 Å². The Labute approximate surface area is 142 Å². The Kier molecular flexibility index (Phi) is 4.56. The molecule has 3 rings (SSSR count). The van der Waals surface area contributed by atoms with Crippen molar-refractivity contribution in [3.05, 3.63) is 71.7 Å². The predicted octanol–water partition coefficient (Wildman–Crippen LogP) is 4.03. The van der Waals surface area contributed by atoms with Crippen LogP contribution in [0.1, 0.15) is 41.4 Å². The number of benzene rings is 1. The first-order valence-corrected chi connectivity index (χ1v) is 8.10.